The average molecular weight is 328 g/mol. The first-order chi connectivity index (χ1) is 8.59. The van der Waals surface area contributed by atoms with E-state index in [1.165, 1.54) is 18.3 Å². The zero-order valence-electron chi connectivity index (χ0n) is 10.3. The zero-order valence-corrected chi connectivity index (χ0v) is 12.8. The molecule has 0 amide bonds. The van der Waals surface area contributed by atoms with Crippen LogP contribution in [0.1, 0.15) is 23.8 Å². The van der Waals surface area contributed by atoms with Crippen molar-refractivity contribution in [3.8, 4) is 0 Å². The quantitative estimate of drug-likeness (QED) is 0.732. The van der Waals surface area contributed by atoms with E-state index < -0.39 is 25.5 Å². The first-order valence-corrected chi connectivity index (χ1v) is 9.55. The van der Waals surface area contributed by atoms with Crippen LogP contribution in [-0.2, 0) is 33.1 Å². The molecule has 0 aliphatic heterocycles. The third kappa shape index (κ3) is 6.00. The Morgan fingerprint density at radius 3 is 2.42 bits per heavy atom. The summed E-state index contributed by atoms with van der Waals surface area (Å²) in [6.07, 6.45) is 0.904. The SMILES string of the molecule is CC(Cc1ccsc1CCCS(=O)(=O)O)S(=O)(=O)O. The second-order valence-electron chi connectivity index (χ2n) is 4.29. The summed E-state index contributed by atoms with van der Waals surface area (Å²) in [5, 5.41) is 0.886. The second-order valence-corrected chi connectivity index (χ2v) is 8.70. The van der Waals surface area contributed by atoms with Gasteiger partial charge >= 0.3 is 0 Å². The van der Waals surface area contributed by atoms with Gasteiger partial charge in [-0.1, -0.05) is 0 Å². The zero-order chi connectivity index (χ0) is 14.7. The van der Waals surface area contributed by atoms with Gasteiger partial charge in [-0.25, -0.2) is 0 Å². The van der Waals surface area contributed by atoms with Crippen molar-refractivity contribution in [1.29, 1.82) is 0 Å². The molecule has 0 saturated carbocycles. The van der Waals surface area contributed by atoms with Crippen molar-refractivity contribution in [2.45, 2.75) is 31.4 Å². The summed E-state index contributed by atoms with van der Waals surface area (Å²) in [6.45, 7) is 1.41. The van der Waals surface area contributed by atoms with E-state index >= 15 is 0 Å². The first kappa shape index (κ1) is 16.6. The summed E-state index contributed by atoms with van der Waals surface area (Å²) in [4.78, 5) is 0.874. The van der Waals surface area contributed by atoms with Gasteiger partial charge in [0.15, 0.2) is 0 Å². The highest BCUT2D eigenvalue weighted by molar-refractivity contribution is 7.86. The van der Waals surface area contributed by atoms with Crippen LogP contribution >= 0.6 is 11.3 Å². The van der Waals surface area contributed by atoms with E-state index in [0.717, 1.165) is 10.4 Å². The predicted octanol–water partition coefficient (Wildman–Crippen LogP) is 1.39. The third-order valence-electron chi connectivity index (χ3n) is 2.66. The number of thiophene rings is 1. The predicted molar refractivity (Wildman–Crippen MR) is 73.8 cm³/mol. The fourth-order valence-corrected chi connectivity index (χ4v) is 3.46. The van der Waals surface area contributed by atoms with E-state index in [2.05, 4.69) is 0 Å². The maximum absolute atomic E-state index is 11.0. The Morgan fingerprint density at radius 1 is 1.26 bits per heavy atom. The van der Waals surface area contributed by atoms with Crippen LogP contribution < -0.4 is 0 Å². The molecule has 2 N–H and O–H groups in total. The maximum atomic E-state index is 11.0. The lowest BCUT2D eigenvalue weighted by molar-refractivity contribution is 0.469. The largest absolute Gasteiger partial charge is 0.286 e. The summed E-state index contributed by atoms with van der Waals surface area (Å²) < 4.78 is 60.7. The van der Waals surface area contributed by atoms with Gasteiger partial charge in [0.05, 0.1) is 11.0 Å². The van der Waals surface area contributed by atoms with Crippen molar-refractivity contribution in [2.24, 2.45) is 0 Å². The molecule has 1 rings (SSSR count). The molecule has 0 aromatic carbocycles. The van der Waals surface area contributed by atoms with Crippen molar-refractivity contribution in [1.82, 2.24) is 0 Å². The highest BCUT2D eigenvalue weighted by Gasteiger charge is 2.19. The summed E-state index contributed by atoms with van der Waals surface area (Å²) in [6, 6.07) is 1.76. The molecule has 0 spiro atoms. The molecule has 1 aromatic rings. The summed E-state index contributed by atoms with van der Waals surface area (Å²) >= 11 is 1.40. The molecule has 9 heteroatoms. The molecule has 110 valence electrons. The van der Waals surface area contributed by atoms with E-state index in [4.69, 9.17) is 9.11 Å². The Labute approximate surface area is 117 Å². The lowest BCUT2D eigenvalue weighted by atomic mass is 10.1. The molecule has 0 aliphatic carbocycles. The smallest absolute Gasteiger partial charge is 0.267 e. The highest BCUT2D eigenvalue weighted by Crippen LogP contribution is 2.22. The number of rotatable bonds is 7. The van der Waals surface area contributed by atoms with Crippen LogP contribution in [0.5, 0.6) is 0 Å². The minimum Gasteiger partial charge on any atom is -0.286 e. The Balaban J connectivity index is 2.66. The molecule has 0 aliphatic rings. The Kier molecular flexibility index (Phi) is 5.51. The molecule has 1 atom stereocenters. The van der Waals surface area contributed by atoms with Crippen molar-refractivity contribution < 1.29 is 25.9 Å². The molecule has 19 heavy (non-hydrogen) atoms. The summed E-state index contributed by atoms with van der Waals surface area (Å²) in [7, 11) is -8.04. The van der Waals surface area contributed by atoms with E-state index in [1.807, 2.05) is 0 Å². The van der Waals surface area contributed by atoms with E-state index in [1.54, 1.807) is 11.4 Å². The van der Waals surface area contributed by atoms with Gasteiger partial charge in [0.1, 0.15) is 0 Å². The van der Waals surface area contributed by atoms with Crippen LogP contribution in [0.2, 0.25) is 0 Å². The lowest BCUT2D eigenvalue weighted by Crippen LogP contribution is -2.19. The molecule has 6 nitrogen and oxygen atoms in total. The lowest BCUT2D eigenvalue weighted by Gasteiger charge is -2.08. The third-order valence-corrected chi connectivity index (χ3v) is 5.67. The van der Waals surface area contributed by atoms with Crippen molar-refractivity contribution >= 4 is 31.6 Å². The molecule has 0 radical (unpaired) electrons. The molecular weight excluding hydrogens is 312 g/mol. The molecule has 1 unspecified atom stereocenters. The standard InChI is InChI=1S/C10H16O6S3/c1-8(19(14,15)16)7-9-4-5-17-10(9)3-2-6-18(11,12)13/h4-5,8H,2-3,6-7H2,1H3,(H,11,12,13)(H,14,15,16). The van der Waals surface area contributed by atoms with Crippen LogP contribution in [0.15, 0.2) is 11.4 Å². The van der Waals surface area contributed by atoms with Crippen LogP contribution in [0.25, 0.3) is 0 Å². The fourth-order valence-electron chi connectivity index (χ4n) is 1.60. The van der Waals surface area contributed by atoms with Gasteiger partial charge in [-0.2, -0.15) is 16.8 Å². The van der Waals surface area contributed by atoms with Gasteiger partial charge in [0.25, 0.3) is 20.2 Å². The first-order valence-electron chi connectivity index (χ1n) is 5.56. The Bertz CT molecular complexity index is 613. The minimum absolute atomic E-state index is 0.184. The normalized spacial score (nSPS) is 14.5. The Morgan fingerprint density at radius 2 is 1.89 bits per heavy atom. The summed E-state index contributed by atoms with van der Waals surface area (Å²) in [5.74, 6) is -0.321. The second kappa shape index (κ2) is 6.31. The topological polar surface area (TPSA) is 109 Å². The number of aryl methyl sites for hydroxylation is 1. The van der Waals surface area contributed by atoms with E-state index in [-0.39, 0.29) is 18.6 Å². The van der Waals surface area contributed by atoms with Gasteiger partial charge in [0.2, 0.25) is 0 Å². The van der Waals surface area contributed by atoms with Gasteiger partial charge in [-0.15, -0.1) is 11.3 Å². The van der Waals surface area contributed by atoms with Crippen LogP contribution in [0.3, 0.4) is 0 Å². The van der Waals surface area contributed by atoms with Crippen LogP contribution in [0.4, 0.5) is 0 Å². The van der Waals surface area contributed by atoms with Crippen molar-refractivity contribution in [3.05, 3.63) is 21.9 Å². The summed E-state index contributed by atoms with van der Waals surface area (Å²) in [5.41, 5.74) is 0.783. The monoisotopic (exact) mass is 328 g/mol. The van der Waals surface area contributed by atoms with Crippen molar-refractivity contribution in [2.75, 3.05) is 5.75 Å². The molecule has 1 heterocycles. The van der Waals surface area contributed by atoms with Gasteiger partial charge in [0, 0.05) is 4.88 Å². The average Bonchev–Trinajstić information content (AvgIpc) is 2.62. The van der Waals surface area contributed by atoms with Gasteiger partial charge < -0.3 is 0 Å². The van der Waals surface area contributed by atoms with E-state index in [0.29, 0.717) is 6.42 Å². The molecule has 0 fully saturated rings. The number of hydrogen-bond donors (Lipinski definition) is 2. The van der Waals surface area contributed by atoms with Crippen molar-refractivity contribution in [3.63, 3.8) is 0 Å². The fraction of sp³-hybridized carbons (Fsp3) is 0.600. The molecule has 0 bridgehead atoms. The molecule has 0 saturated heterocycles. The maximum Gasteiger partial charge on any atom is 0.267 e. The van der Waals surface area contributed by atoms with Gasteiger partial charge in [-0.3, -0.25) is 9.11 Å². The molecular formula is C10H16O6S3. The highest BCUT2D eigenvalue weighted by atomic mass is 32.2. The van der Waals surface area contributed by atoms with E-state index in [9.17, 15) is 16.8 Å². The number of hydrogen-bond acceptors (Lipinski definition) is 5. The van der Waals surface area contributed by atoms with Gasteiger partial charge in [-0.05, 0) is 43.2 Å². The van der Waals surface area contributed by atoms with Crippen LogP contribution in [-0.4, -0.2) is 36.9 Å². The Hall–Kier alpha value is -0.480. The minimum atomic E-state index is -4.07. The van der Waals surface area contributed by atoms with Crippen LogP contribution in [0, 0.1) is 0 Å². The molecule has 1 aromatic heterocycles.